The van der Waals surface area contributed by atoms with Crippen LogP contribution in [0.5, 0.6) is 0 Å². The summed E-state index contributed by atoms with van der Waals surface area (Å²) in [5.41, 5.74) is 0.300. The fourth-order valence-corrected chi connectivity index (χ4v) is 4.62. The number of aromatic nitrogens is 5. The van der Waals surface area contributed by atoms with E-state index in [-0.39, 0.29) is 29.1 Å². The Kier molecular flexibility index (Phi) is 5.48. The number of hydrogen-bond acceptors (Lipinski definition) is 8. The standard InChI is InChI=1S/C22H25ClN6O4/c1-22(2,32)21-25-19(26-33-21)16-18-20(31)28(10-9-27-8-4-5-13(30)11-27)17-14(23)6-3-7-15(17)29(18)12-24-16/h3,6-7,12-13,30,32H,4-5,8-11H2,1-2H3. The molecule has 0 spiro atoms. The molecule has 4 aromatic rings. The van der Waals surface area contributed by atoms with Gasteiger partial charge in [-0.15, -0.1) is 0 Å². The number of hydrogen-bond donors (Lipinski definition) is 2. The maximum absolute atomic E-state index is 13.7. The molecule has 1 atom stereocenters. The second kappa shape index (κ2) is 8.21. The van der Waals surface area contributed by atoms with E-state index in [1.165, 1.54) is 20.2 Å². The SMILES string of the molecule is CC(C)(O)c1nc(-c2ncn3c2c(=O)n(CCN2CCCC(O)C2)c2c(Cl)cccc23)no1. The molecule has 10 nitrogen and oxygen atoms in total. The van der Waals surface area contributed by atoms with E-state index in [1.807, 2.05) is 12.1 Å². The predicted octanol–water partition coefficient (Wildman–Crippen LogP) is 2.04. The summed E-state index contributed by atoms with van der Waals surface area (Å²) in [5, 5.41) is 24.6. The molecule has 11 heteroatoms. The average Bonchev–Trinajstić information content (AvgIpc) is 3.41. The lowest BCUT2D eigenvalue weighted by atomic mass is 10.1. The lowest BCUT2D eigenvalue weighted by Gasteiger charge is -2.30. The van der Waals surface area contributed by atoms with Crippen LogP contribution in [0.4, 0.5) is 0 Å². The van der Waals surface area contributed by atoms with Crippen LogP contribution in [0.3, 0.4) is 0 Å². The predicted molar refractivity (Wildman–Crippen MR) is 122 cm³/mol. The van der Waals surface area contributed by atoms with E-state index in [1.54, 1.807) is 15.0 Å². The Morgan fingerprint density at radius 2 is 2.09 bits per heavy atom. The van der Waals surface area contributed by atoms with Crippen LogP contribution < -0.4 is 5.56 Å². The van der Waals surface area contributed by atoms with Gasteiger partial charge in [-0.25, -0.2) is 4.98 Å². The largest absolute Gasteiger partial charge is 0.392 e. The first kappa shape index (κ1) is 22.0. The Morgan fingerprint density at radius 3 is 2.82 bits per heavy atom. The molecule has 1 aliphatic heterocycles. The Hall–Kier alpha value is -2.79. The van der Waals surface area contributed by atoms with Crippen LogP contribution in [0.25, 0.3) is 28.1 Å². The van der Waals surface area contributed by atoms with Crippen molar-refractivity contribution < 1.29 is 14.7 Å². The van der Waals surface area contributed by atoms with Gasteiger partial charge < -0.3 is 19.3 Å². The number of β-amino-alcohol motifs (C(OH)–C–C–N with tert-alkyl or cyclic N) is 1. The zero-order valence-electron chi connectivity index (χ0n) is 18.4. The van der Waals surface area contributed by atoms with Crippen molar-refractivity contribution in [2.45, 2.75) is 44.9 Å². The van der Waals surface area contributed by atoms with Gasteiger partial charge in [0.15, 0.2) is 0 Å². The molecule has 4 heterocycles. The highest BCUT2D eigenvalue weighted by molar-refractivity contribution is 6.35. The topological polar surface area (TPSA) is 122 Å². The number of fused-ring (bicyclic) bond motifs is 3. The number of piperidine rings is 1. The lowest BCUT2D eigenvalue weighted by molar-refractivity contribution is 0.0420. The molecular formula is C22H25ClN6O4. The van der Waals surface area contributed by atoms with Gasteiger partial charge in [0.2, 0.25) is 5.82 Å². The number of imidazole rings is 1. The molecular weight excluding hydrogens is 448 g/mol. The third-order valence-corrected chi connectivity index (χ3v) is 6.30. The van der Waals surface area contributed by atoms with Crippen molar-refractivity contribution in [3.8, 4) is 11.5 Å². The molecule has 0 radical (unpaired) electrons. The molecule has 3 aromatic heterocycles. The minimum absolute atomic E-state index is 0.0338. The molecule has 0 saturated carbocycles. The van der Waals surface area contributed by atoms with Crippen LogP contribution >= 0.6 is 11.6 Å². The van der Waals surface area contributed by atoms with Crippen LogP contribution in [-0.2, 0) is 12.1 Å². The Balaban J connectivity index is 1.65. The molecule has 1 aliphatic rings. The molecule has 1 aromatic carbocycles. The van der Waals surface area contributed by atoms with Crippen molar-refractivity contribution in [1.29, 1.82) is 0 Å². The maximum Gasteiger partial charge on any atom is 0.277 e. The van der Waals surface area contributed by atoms with Crippen molar-refractivity contribution >= 4 is 28.2 Å². The van der Waals surface area contributed by atoms with Gasteiger partial charge in [0, 0.05) is 19.6 Å². The van der Waals surface area contributed by atoms with Crippen LogP contribution in [0.1, 0.15) is 32.6 Å². The summed E-state index contributed by atoms with van der Waals surface area (Å²) in [6.07, 6.45) is 2.91. The second-order valence-corrected chi connectivity index (χ2v) is 9.36. The summed E-state index contributed by atoms with van der Waals surface area (Å²) in [6.45, 7) is 5.53. The Morgan fingerprint density at radius 1 is 1.27 bits per heavy atom. The van der Waals surface area contributed by atoms with Crippen molar-refractivity contribution in [3.63, 3.8) is 0 Å². The number of aliphatic hydroxyl groups excluding tert-OH is 1. The molecule has 1 fully saturated rings. The van der Waals surface area contributed by atoms with E-state index in [4.69, 9.17) is 16.1 Å². The fourth-order valence-electron chi connectivity index (χ4n) is 4.35. The van der Waals surface area contributed by atoms with Crippen LogP contribution in [0, 0.1) is 0 Å². The van der Waals surface area contributed by atoms with Crippen molar-refractivity contribution in [2.24, 2.45) is 0 Å². The highest BCUT2D eigenvalue weighted by atomic mass is 35.5. The van der Waals surface area contributed by atoms with Crippen molar-refractivity contribution in [3.05, 3.63) is 45.8 Å². The summed E-state index contributed by atoms with van der Waals surface area (Å²) >= 11 is 6.54. The van der Waals surface area contributed by atoms with Crippen molar-refractivity contribution in [1.82, 2.24) is 29.0 Å². The van der Waals surface area contributed by atoms with Gasteiger partial charge in [0.1, 0.15) is 23.1 Å². The van der Waals surface area contributed by atoms with Crippen LogP contribution in [0.15, 0.2) is 33.8 Å². The Labute approximate surface area is 194 Å². The van der Waals surface area contributed by atoms with E-state index in [9.17, 15) is 15.0 Å². The number of para-hydroxylation sites is 1. The molecule has 0 bridgehead atoms. The summed E-state index contributed by atoms with van der Waals surface area (Å²) in [7, 11) is 0. The van der Waals surface area contributed by atoms with Gasteiger partial charge >= 0.3 is 0 Å². The molecule has 33 heavy (non-hydrogen) atoms. The van der Waals surface area contributed by atoms with Gasteiger partial charge in [0.05, 0.1) is 22.2 Å². The number of benzene rings is 1. The van der Waals surface area contributed by atoms with Gasteiger partial charge in [-0.05, 0) is 45.4 Å². The molecule has 1 unspecified atom stereocenters. The number of rotatable bonds is 5. The normalized spacial score (nSPS) is 17.9. The van der Waals surface area contributed by atoms with Gasteiger partial charge in [-0.3, -0.25) is 14.1 Å². The molecule has 174 valence electrons. The van der Waals surface area contributed by atoms with E-state index >= 15 is 0 Å². The monoisotopic (exact) mass is 472 g/mol. The first-order valence-corrected chi connectivity index (χ1v) is 11.3. The first-order chi connectivity index (χ1) is 15.7. The smallest absolute Gasteiger partial charge is 0.277 e. The van der Waals surface area contributed by atoms with E-state index < -0.39 is 5.60 Å². The molecule has 1 saturated heterocycles. The van der Waals surface area contributed by atoms with E-state index in [0.29, 0.717) is 35.7 Å². The molecule has 0 aliphatic carbocycles. The zero-order chi connectivity index (χ0) is 23.3. The van der Waals surface area contributed by atoms with Gasteiger partial charge in [-0.2, -0.15) is 4.98 Å². The summed E-state index contributed by atoms with van der Waals surface area (Å²) in [6, 6.07) is 5.45. The highest BCUT2D eigenvalue weighted by Gasteiger charge is 2.27. The van der Waals surface area contributed by atoms with Crippen LogP contribution in [-0.4, -0.2) is 64.9 Å². The van der Waals surface area contributed by atoms with Crippen LogP contribution in [0.2, 0.25) is 5.02 Å². The number of halogens is 1. The fraction of sp³-hybridized carbons (Fsp3) is 0.455. The number of nitrogens with zero attached hydrogens (tertiary/aromatic N) is 6. The minimum Gasteiger partial charge on any atom is -0.392 e. The number of likely N-dealkylation sites (tertiary alicyclic amines) is 1. The third-order valence-electron chi connectivity index (χ3n) is 5.99. The van der Waals surface area contributed by atoms with Gasteiger partial charge in [0.25, 0.3) is 11.4 Å². The maximum atomic E-state index is 13.7. The molecule has 0 amide bonds. The summed E-state index contributed by atoms with van der Waals surface area (Å²) in [5.74, 6) is 0.158. The number of aliphatic hydroxyl groups is 2. The molecule has 2 N–H and O–H groups in total. The summed E-state index contributed by atoms with van der Waals surface area (Å²) in [4.78, 5) is 24.5. The minimum atomic E-state index is -1.32. The summed E-state index contributed by atoms with van der Waals surface area (Å²) < 4.78 is 8.52. The average molecular weight is 473 g/mol. The van der Waals surface area contributed by atoms with Gasteiger partial charge in [-0.1, -0.05) is 22.8 Å². The zero-order valence-corrected chi connectivity index (χ0v) is 19.2. The molecule has 5 rings (SSSR count). The quantitative estimate of drug-likeness (QED) is 0.452. The highest BCUT2D eigenvalue weighted by Crippen LogP contribution is 2.28. The Bertz CT molecular complexity index is 1390. The van der Waals surface area contributed by atoms with Crippen molar-refractivity contribution in [2.75, 3.05) is 19.6 Å². The second-order valence-electron chi connectivity index (χ2n) is 8.95. The third kappa shape index (κ3) is 3.93. The lowest BCUT2D eigenvalue weighted by Crippen LogP contribution is -2.41. The van der Waals surface area contributed by atoms with E-state index in [2.05, 4.69) is 20.0 Å². The van der Waals surface area contributed by atoms with E-state index in [0.717, 1.165) is 24.9 Å². The first-order valence-electron chi connectivity index (χ1n) is 10.9.